The van der Waals surface area contributed by atoms with E-state index in [1.54, 1.807) is 24.3 Å². The van der Waals surface area contributed by atoms with Crippen molar-refractivity contribution in [3.8, 4) is 5.75 Å². The highest BCUT2D eigenvalue weighted by Crippen LogP contribution is 2.17. The molecule has 1 aliphatic rings. The maximum atomic E-state index is 12.4. The van der Waals surface area contributed by atoms with Crippen LogP contribution in [0.1, 0.15) is 28.8 Å². The largest absolute Gasteiger partial charge is 0.489 e. The first kappa shape index (κ1) is 23.3. The van der Waals surface area contributed by atoms with E-state index in [1.807, 2.05) is 54.6 Å². The van der Waals surface area contributed by atoms with Crippen molar-refractivity contribution in [2.24, 2.45) is 0 Å². The van der Waals surface area contributed by atoms with Crippen molar-refractivity contribution < 1.29 is 19.1 Å². The lowest BCUT2D eigenvalue weighted by Crippen LogP contribution is -2.31. The summed E-state index contributed by atoms with van der Waals surface area (Å²) in [5, 5.41) is 8.81. The number of rotatable bonds is 10. The molecular weight excluding hydrogens is 430 g/mol. The van der Waals surface area contributed by atoms with Crippen LogP contribution in [-0.2, 0) is 16.1 Å². The Kier molecular flexibility index (Phi) is 8.13. The molecule has 0 spiro atoms. The standard InChI is InChI=1S/C27H29N3O4/c31-26(18-28-22-11-13-24(14-12-22)34-19-20-6-2-1-3-7-20)30-23-9-4-8-21(16-23)27(32)29-17-25-10-5-15-33-25/h1-4,6-9,11-14,16,25,28H,5,10,15,17-19H2,(H,29,32)(H,30,31). The molecule has 1 unspecified atom stereocenters. The molecule has 1 atom stereocenters. The van der Waals surface area contributed by atoms with E-state index >= 15 is 0 Å². The van der Waals surface area contributed by atoms with Gasteiger partial charge in [-0.3, -0.25) is 9.59 Å². The lowest BCUT2D eigenvalue weighted by molar-refractivity contribution is -0.114. The first-order chi connectivity index (χ1) is 16.7. The lowest BCUT2D eigenvalue weighted by Gasteiger charge is -2.12. The quantitative estimate of drug-likeness (QED) is 0.422. The van der Waals surface area contributed by atoms with Crippen LogP contribution >= 0.6 is 0 Å². The molecule has 1 fully saturated rings. The van der Waals surface area contributed by atoms with Gasteiger partial charge in [0.05, 0.1) is 12.6 Å². The third kappa shape index (κ3) is 7.08. The number of benzene rings is 3. The molecule has 1 saturated heterocycles. The SMILES string of the molecule is O=C(CNc1ccc(OCc2ccccc2)cc1)Nc1cccc(C(=O)NCC2CCCO2)c1. The monoisotopic (exact) mass is 459 g/mol. The summed E-state index contributed by atoms with van der Waals surface area (Å²) in [7, 11) is 0. The Morgan fingerprint density at radius 1 is 0.941 bits per heavy atom. The number of nitrogens with one attached hydrogen (secondary N) is 3. The minimum absolute atomic E-state index is 0.0856. The van der Waals surface area contributed by atoms with E-state index in [0.29, 0.717) is 24.4 Å². The number of ether oxygens (including phenoxy) is 2. The van der Waals surface area contributed by atoms with Gasteiger partial charge in [0, 0.05) is 30.1 Å². The third-order valence-corrected chi connectivity index (χ3v) is 5.48. The third-order valence-electron chi connectivity index (χ3n) is 5.48. The van der Waals surface area contributed by atoms with E-state index in [-0.39, 0.29) is 24.5 Å². The van der Waals surface area contributed by atoms with Gasteiger partial charge in [0.1, 0.15) is 12.4 Å². The second-order valence-corrected chi connectivity index (χ2v) is 8.13. The number of anilines is 2. The number of carbonyl (C=O) groups excluding carboxylic acids is 2. The Bertz CT molecular complexity index is 1080. The summed E-state index contributed by atoms with van der Waals surface area (Å²) in [6.07, 6.45) is 2.08. The predicted octanol–water partition coefficient (Wildman–Crippen LogP) is 4.23. The molecule has 3 aromatic carbocycles. The van der Waals surface area contributed by atoms with Gasteiger partial charge in [-0.1, -0.05) is 36.4 Å². The van der Waals surface area contributed by atoms with E-state index in [9.17, 15) is 9.59 Å². The normalized spacial score (nSPS) is 14.9. The predicted molar refractivity (Wildman–Crippen MR) is 132 cm³/mol. The summed E-state index contributed by atoms with van der Waals surface area (Å²) in [4.78, 5) is 24.8. The summed E-state index contributed by atoms with van der Waals surface area (Å²) in [5.41, 5.74) is 2.98. The zero-order valence-electron chi connectivity index (χ0n) is 19.0. The second-order valence-electron chi connectivity index (χ2n) is 8.13. The second kappa shape index (κ2) is 11.9. The molecule has 0 aromatic heterocycles. The van der Waals surface area contributed by atoms with Crippen LogP contribution in [0.3, 0.4) is 0 Å². The van der Waals surface area contributed by atoms with Crippen molar-refractivity contribution >= 4 is 23.2 Å². The molecule has 3 N–H and O–H groups in total. The fourth-order valence-corrected chi connectivity index (χ4v) is 3.65. The molecule has 34 heavy (non-hydrogen) atoms. The Morgan fingerprint density at radius 2 is 1.76 bits per heavy atom. The van der Waals surface area contributed by atoms with Gasteiger partial charge in [0.25, 0.3) is 5.91 Å². The minimum atomic E-state index is -0.207. The molecule has 1 aliphatic heterocycles. The van der Waals surface area contributed by atoms with Gasteiger partial charge < -0.3 is 25.4 Å². The summed E-state index contributed by atoms with van der Waals surface area (Å²) in [5.74, 6) is 0.369. The minimum Gasteiger partial charge on any atom is -0.489 e. The highest BCUT2D eigenvalue weighted by molar-refractivity contribution is 5.98. The van der Waals surface area contributed by atoms with Crippen LogP contribution in [0.5, 0.6) is 5.75 Å². The number of hydrogen-bond acceptors (Lipinski definition) is 5. The average molecular weight is 460 g/mol. The molecule has 2 amide bonds. The number of amides is 2. The van der Waals surface area contributed by atoms with Crippen LogP contribution in [0.15, 0.2) is 78.9 Å². The van der Waals surface area contributed by atoms with Crippen LogP contribution in [0.25, 0.3) is 0 Å². The Morgan fingerprint density at radius 3 is 2.53 bits per heavy atom. The van der Waals surface area contributed by atoms with Gasteiger partial charge in [-0.2, -0.15) is 0 Å². The van der Waals surface area contributed by atoms with Crippen LogP contribution in [0, 0.1) is 0 Å². The smallest absolute Gasteiger partial charge is 0.251 e. The van der Waals surface area contributed by atoms with Gasteiger partial charge in [-0.05, 0) is 60.9 Å². The Labute approximate surface area is 199 Å². The van der Waals surface area contributed by atoms with Gasteiger partial charge in [-0.25, -0.2) is 0 Å². The molecule has 0 radical (unpaired) electrons. The van der Waals surface area contributed by atoms with Crippen LogP contribution < -0.4 is 20.7 Å². The van der Waals surface area contributed by atoms with E-state index in [1.165, 1.54) is 0 Å². The maximum Gasteiger partial charge on any atom is 0.251 e. The molecule has 176 valence electrons. The van der Waals surface area contributed by atoms with Crippen molar-refractivity contribution in [1.82, 2.24) is 5.32 Å². The summed E-state index contributed by atoms with van der Waals surface area (Å²) < 4.78 is 11.3. The first-order valence-electron chi connectivity index (χ1n) is 11.5. The fraction of sp³-hybridized carbons (Fsp3) is 0.259. The molecule has 4 rings (SSSR count). The summed E-state index contributed by atoms with van der Waals surface area (Å²) in [6.45, 7) is 1.85. The molecular formula is C27H29N3O4. The van der Waals surface area contributed by atoms with Crippen LogP contribution in [-0.4, -0.2) is 37.6 Å². The van der Waals surface area contributed by atoms with Crippen molar-refractivity contribution in [1.29, 1.82) is 0 Å². The molecule has 3 aromatic rings. The van der Waals surface area contributed by atoms with E-state index in [2.05, 4.69) is 16.0 Å². The Balaban J connectivity index is 1.21. The van der Waals surface area contributed by atoms with Crippen molar-refractivity contribution in [3.63, 3.8) is 0 Å². The van der Waals surface area contributed by atoms with Gasteiger partial charge in [0.2, 0.25) is 5.91 Å². The maximum absolute atomic E-state index is 12.4. The van der Waals surface area contributed by atoms with Crippen molar-refractivity contribution in [2.45, 2.75) is 25.6 Å². The zero-order chi connectivity index (χ0) is 23.6. The molecule has 0 bridgehead atoms. The van der Waals surface area contributed by atoms with Gasteiger partial charge >= 0.3 is 0 Å². The summed E-state index contributed by atoms with van der Waals surface area (Å²) in [6, 6.07) is 24.3. The van der Waals surface area contributed by atoms with Gasteiger partial charge in [0.15, 0.2) is 0 Å². The van der Waals surface area contributed by atoms with Crippen LogP contribution in [0.4, 0.5) is 11.4 Å². The first-order valence-corrected chi connectivity index (χ1v) is 11.5. The van der Waals surface area contributed by atoms with Crippen LogP contribution in [0.2, 0.25) is 0 Å². The van der Waals surface area contributed by atoms with Crippen molar-refractivity contribution in [3.05, 3.63) is 90.0 Å². The molecule has 7 nitrogen and oxygen atoms in total. The number of hydrogen-bond donors (Lipinski definition) is 3. The van der Waals surface area contributed by atoms with E-state index in [0.717, 1.165) is 36.4 Å². The molecule has 1 heterocycles. The summed E-state index contributed by atoms with van der Waals surface area (Å²) >= 11 is 0. The molecule has 7 heteroatoms. The van der Waals surface area contributed by atoms with E-state index < -0.39 is 0 Å². The van der Waals surface area contributed by atoms with Crippen molar-refractivity contribution in [2.75, 3.05) is 30.3 Å². The zero-order valence-corrected chi connectivity index (χ0v) is 19.0. The highest BCUT2D eigenvalue weighted by Gasteiger charge is 2.17. The number of carbonyl (C=O) groups is 2. The molecule has 0 aliphatic carbocycles. The molecule has 0 saturated carbocycles. The van der Waals surface area contributed by atoms with Gasteiger partial charge in [-0.15, -0.1) is 0 Å². The fourth-order valence-electron chi connectivity index (χ4n) is 3.65. The lowest BCUT2D eigenvalue weighted by atomic mass is 10.1. The average Bonchev–Trinajstić information content (AvgIpc) is 3.40. The topological polar surface area (TPSA) is 88.7 Å². The van der Waals surface area contributed by atoms with E-state index in [4.69, 9.17) is 9.47 Å². The Hall–Kier alpha value is -3.84. The highest BCUT2D eigenvalue weighted by atomic mass is 16.5.